The van der Waals surface area contributed by atoms with E-state index in [0.29, 0.717) is 42.5 Å². The number of hydrogen-bond donors (Lipinski definition) is 2. The number of nitrogens with zero attached hydrogens (tertiary/aromatic N) is 4. The predicted octanol–water partition coefficient (Wildman–Crippen LogP) is 4.43. The van der Waals surface area contributed by atoms with Crippen molar-refractivity contribution in [2.75, 3.05) is 6.61 Å². The van der Waals surface area contributed by atoms with E-state index in [-0.39, 0.29) is 17.2 Å². The van der Waals surface area contributed by atoms with Crippen molar-refractivity contribution >= 4 is 5.84 Å². The first-order chi connectivity index (χ1) is 16.5. The molecule has 10 heteroatoms. The van der Waals surface area contributed by atoms with Crippen molar-refractivity contribution in [3.8, 4) is 28.4 Å². The predicted molar refractivity (Wildman–Crippen MR) is 122 cm³/mol. The van der Waals surface area contributed by atoms with Gasteiger partial charge in [-0.05, 0) is 42.8 Å². The quantitative estimate of drug-likeness (QED) is 0.419. The number of benzene rings is 2. The number of fused-ring (bicyclic) bond motifs is 1. The normalized spacial score (nSPS) is 13.0. The molecule has 1 aliphatic heterocycles. The van der Waals surface area contributed by atoms with Crippen LogP contribution in [0.25, 0.3) is 22.6 Å². The number of aromatic nitrogens is 3. The van der Waals surface area contributed by atoms with E-state index < -0.39 is 11.6 Å². The summed E-state index contributed by atoms with van der Waals surface area (Å²) < 4.78 is 38.9. The second kappa shape index (κ2) is 8.97. The van der Waals surface area contributed by atoms with Gasteiger partial charge in [0.05, 0.1) is 31.0 Å². The molecule has 0 aliphatic carbocycles. The summed E-state index contributed by atoms with van der Waals surface area (Å²) >= 11 is 0. The molecule has 2 aromatic carbocycles. The molecule has 5 rings (SSSR count). The van der Waals surface area contributed by atoms with Crippen LogP contribution in [0.3, 0.4) is 0 Å². The molecule has 0 saturated heterocycles. The Morgan fingerprint density at radius 1 is 1.18 bits per heavy atom. The molecule has 0 amide bonds. The number of imidazole rings is 1. The first-order valence-electron chi connectivity index (χ1n) is 10.8. The summed E-state index contributed by atoms with van der Waals surface area (Å²) in [7, 11) is 0. The summed E-state index contributed by atoms with van der Waals surface area (Å²) in [6, 6.07) is 13.4. The van der Waals surface area contributed by atoms with Gasteiger partial charge < -0.3 is 20.0 Å². The zero-order chi connectivity index (χ0) is 23.7. The Morgan fingerprint density at radius 3 is 2.79 bits per heavy atom. The topological polar surface area (TPSA) is 106 Å². The molecule has 34 heavy (non-hydrogen) atoms. The minimum absolute atomic E-state index is 0.0275. The van der Waals surface area contributed by atoms with Gasteiger partial charge >= 0.3 is 0 Å². The fourth-order valence-electron chi connectivity index (χ4n) is 3.70. The number of nitrogens with two attached hydrogens (primary N) is 1. The Hall–Kier alpha value is -4.21. The number of aromatic amines is 1. The Labute approximate surface area is 194 Å². The van der Waals surface area contributed by atoms with Crippen LogP contribution in [0.2, 0.25) is 0 Å². The van der Waals surface area contributed by atoms with Crippen molar-refractivity contribution in [3.63, 3.8) is 0 Å². The van der Waals surface area contributed by atoms with Gasteiger partial charge in [-0.1, -0.05) is 18.1 Å². The van der Waals surface area contributed by atoms with E-state index in [9.17, 15) is 8.78 Å². The monoisotopic (exact) mass is 464 g/mol. The number of nitrogens with one attached hydrogen (secondary N) is 1. The zero-order valence-electron chi connectivity index (χ0n) is 18.4. The second-order valence-corrected chi connectivity index (χ2v) is 7.87. The molecule has 0 fully saturated rings. The van der Waals surface area contributed by atoms with Crippen molar-refractivity contribution < 1.29 is 18.0 Å². The van der Waals surface area contributed by atoms with Gasteiger partial charge in [0.25, 0.3) is 0 Å². The summed E-state index contributed by atoms with van der Waals surface area (Å²) in [6.07, 6.45) is 0.945. The largest absolute Gasteiger partial charge is 0.494 e. The number of rotatable bonds is 7. The van der Waals surface area contributed by atoms with Gasteiger partial charge in [0.15, 0.2) is 23.2 Å². The second-order valence-electron chi connectivity index (χ2n) is 7.87. The van der Waals surface area contributed by atoms with Crippen LogP contribution in [0.1, 0.15) is 30.5 Å². The van der Waals surface area contributed by atoms with E-state index in [1.54, 1.807) is 5.01 Å². The van der Waals surface area contributed by atoms with Crippen LogP contribution in [0.15, 0.2) is 58.2 Å². The third kappa shape index (κ3) is 4.21. The number of hydrogen-bond acceptors (Lipinski definition) is 7. The van der Waals surface area contributed by atoms with Crippen molar-refractivity contribution in [1.29, 1.82) is 0 Å². The Morgan fingerprint density at radius 2 is 2.00 bits per heavy atom. The standard InChI is InChI=1S/C24H22F2N6O2/c1-2-10-33-15-8-6-14(7-9-15)19-11-16(34-31-19)12-32-13-20-22(23(27)30-32)29-24(28-20)17-4-3-5-18(25)21(17)26/h3-9,11H,2,10,12-13H2,1H3,(H2,27,30)(H,28,29). The van der Waals surface area contributed by atoms with E-state index in [4.69, 9.17) is 15.0 Å². The van der Waals surface area contributed by atoms with Crippen LogP contribution in [0.4, 0.5) is 8.78 Å². The van der Waals surface area contributed by atoms with Gasteiger partial charge in [-0.25, -0.2) is 13.8 Å². The minimum Gasteiger partial charge on any atom is -0.494 e. The van der Waals surface area contributed by atoms with Gasteiger partial charge in [0, 0.05) is 11.6 Å². The summed E-state index contributed by atoms with van der Waals surface area (Å²) in [6.45, 7) is 3.37. The highest BCUT2D eigenvalue weighted by Gasteiger charge is 2.24. The molecule has 1 aliphatic rings. The highest BCUT2D eigenvalue weighted by molar-refractivity contribution is 5.97. The molecule has 0 radical (unpaired) electrons. The molecular formula is C24H22F2N6O2. The van der Waals surface area contributed by atoms with Gasteiger partial charge in [0.2, 0.25) is 0 Å². The average molecular weight is 464 g/mol. The lowest BCUT2D eigenvalue weighted by Gasteiger charge is -2.21. The first-order valence-corrected chi connectivity index (χ1v) is 10.8. The van der Waals surface area contributed by atoms with Crippen LogP contribution < -0.4 is 10.5 Å². The SMILES string of the molecule is CCCOc1ccc(-c2cc(CN3Cc4[nH]c(-c5cccc(F)c5F)nc4C(N)=N3)on2)cc1. The zero-order valence-corrected chi connectivity index (χ0v) is 18.4. The highest BCUT2D eigenvalue weighted by atomic mass is 19.2. The van der Waals surface area contributed by atoms with Gasteiger partial charge in [-0.3, -0.25) is 5.01 Å². The molecule has 0 unspecified atom stereocenters. The molecule has 174 valence electrons. The molecule has 0 spiro atoms. The highest BCUT2D eigenvalue weighted by Crippen LogP contribution is 2.27. The van der Waals surface area contributed by atoms with Gasteiger partial charge in [-0.2, -0.15) is 5.10 Å². The molecule has 0 atom stereocenters. The fourth-order valence-corrected chi connectivity index (χ4v) is 3.70. The molecule has 0 saturated carbocycles. The lowest BCUT2D eigenvalue weighted by atomic mass is 10.1. The lowest BCUT2D eigenvalue weighted by molar-refractivity contribution is 0.227. The van der Waals surface area contributed by atoms with Crippen LogP contribution >= 0.6 is 0 Å². The van der Waals surface area contributed by atoms with Crippen molar-refractivity contribution in [1.82, 2.24) is 20.1 Å². The summed E-state index contributed by atoms with van der Waals surface area (Å²) in [5.41, 5.74) is 8.78. The summed E-state index contributed by atoms with van der Waals surface area (Å²) in [5.74, 6) is -0.157. The molecular weight excluding hydrogens is 442 g/mol. The molecule has 2 aromatic heterocycles. The maximum atomic E-state index is 14.2. The molecule has 8 nitrogen and oxygen atoms in total. The van der Waals surface area contributed by atoms with Crippen LogP contribution in [-0.2, 0) is 13.1 Å². The number of hydrazone groups is 1. The van der Waals surface area contributed by atoms with Crippen LogP contribution in [0.5, 0.6) is 5.75 Å². The Balaban J connectivity index is 1.30. The molecule has 3 heterocycles. The Bertz CT molecular complexity index is 1350. The third-order valence-corrected chi connectivity index (χ3v) is 5.34. The van der Waals surface area contributed by atoms with Crippen LogP contribution in [-0.4, -0.2) is 32.6 Å². The van der Waals surface area contributed by atoms with Crippen molar-refractivity contribution in [2.24, 2.45) is 10.8 Å². The van der Waals surface area contributed by atoms with E-state index in [1.165, 1.54) is 12.1 Å². The van der Waals surface area contributed by atoms with E-state index in [2.05, 4.69) is 27.1 Å². The smallest absolute Gasteiger partial charge is 0.171 e. The summed E-state index contributed by atoms with van der Waals surface area (Å²) in [4.78, 5) is 7.36. The molecule has 3 N–H and O–H groups in total. The van der Waals surface area contributed by atoms with Gasteiger partial charge in [-0.15, -0.1) is 0 Å². The van der Waals surface area contributed by atoms with E-state index in [1.807, 2.05) is 30.3 Å². The lowest BCUT2D eigenvalue weighted by Crippen LogP contribution is -2.30. The number of ether oxygens (including phenoxy) is 1. The van der Waals surface area contributed by atoms with Gasteiger partial charge in [0.1, 0.15) is 23.0 Å². The van der Waals surface area contributed by atoms with Crippen molar-refractivity contribution in [3.05, 3.63) is 77.3 Å². The van der Waals surface area contributed by atoms with E-state index in [0.717, 1.165) is 23.8 Å². The van der Waals surface area contributed by atoms with Crippen molar-refractivity contribution in [2.45, 2.75) is 26.4 Å². The molecule has 4 aromatic rings. The fraction of sp³-hybridized carbons (Fsp3) is 0.208. The van der Waals surface area contributed by atoms with E-state index >= 15 is 0 Å². The maximum absolute atomic E-state index is 14.2. The Kier molecular flexibility index (Phi) is 5.70. The average Bonchev–Trinajstić information content (AvgIpc) is 3.47. The molecule has 0 bridgehead atoms. The number of amidine groups is 1. The maximum Gasteiger partial charge on any atom is 0.171 e. The minimum atomic E-state index is -0.972. The summed E-state index contributed by atoms with van der Waals surface area (Å²) in [5, 5.41) is 10.2. The number of H-pyrrole nitrogens is 1. The first kappa shape index (κ1) is 21.6. The van der Waals surface area contributed by atoms with Crippen LogP contribution in [0, 0.1) is 11.6 Å². The number of halogens is 2. The third-order valence-electron chi connectivity index (χ3n) is 5.34.